The number of hydrogen-bond donors (Lipinski definition) is 2. The molecule has 4 aliphatic rings. The number of benzene rings is 1. The van der Waals surface area contributed by atoms with Crippen LogP contribution in [0.1, 0.15) is 69.8 Å². The van der Waals surface area contributed by atoms with Gasteiger partial charge in [-0.15, -0.1) is 0 Å². The summed E-state index contributed by atoms with van der Waals surface area (Å²) in [6.07, 6.45) is 2.56. The van der Waals surface area contributed by atoms with Gasteiger partial charge in [0, 0.05) is 43.0 Å². The molecule has 4 fully saturated rings. The van der Waals surface area contributed by atoms with Crippen LogP contribution < -0.4 is 10.2 Å². The first kappa shape index (κ1) is 24.4. The maximum Gasteiger partial charge on any atom is 0.418 e. The van der Waals surface area contributed by atoms with E-state index in [0.29, 0.717) is 45.2 Å². The van der Waals surface area contributed by atoms with Crippen molar-refractivity contribution in [3.05, 3.63) is 23.8 Å². The summed E-state index contributed by atoms with van der Waals surface area (Å²) >= 11 is 0. The fourth-order valence-corrected chi connectivity index (χ4v) is 6.31. The van der Waals surface area contributed by atoms with Gasteiger partial charge in [0.15, 0.2) is 0 Å². The minimum absolute atomic E-state index is 0.0570. The fourth-order valence-electron chi connectivity index (χ4n) is 6.31. The number of carbonyl (C=O) groups excluding carboxylic acids is 2. The molecular formula is C26H34F3N3O3. The number of likely N-dealkylation sites (tertiary alicyclic amines) is 1. The van der Waals surface area contributed by atoms with Crippen molar-refractivity contribution in [3.63, 3.8) is 0 Å². The molecule has 5 rings (SSSR count). The molecule has 1 atom stereocenters. The first-order valence-electron chi connectivity index (χ1n) is 12.9. The summed E-state index contributed by atoms with van der Waals surface area (Å²) in [5, 5.41) is 12.5. The van der Waals surface area contributed by atoms with Gasteiger partial charge < -0.3 is 20.2 Å². The lowest BCUT2D eigenvalue weighted by Crippen LogP contribution is -2.50. The van der Waals surface area contributed by atoms with Crippen LogP contribution in [0, 0.1) is 11.3 Å². The Kier molecular flexibility index (Phi) is 6.48. The molecule has 2 aliphatic heterocycles. The van der Waals surface area contributed by atoms with E-state index in [1.54, 1.807) is 11.0 Å². The number of amides is 2. The van der Waals surface area contributed by atoms with E-state index < -0.39 is 17.2 Å². The van der Waals surface area contributed by atoms with Crippen molar-refractivity contribution in [1.29, 1.82) is 0 Å². The molecular weight excluding hydrogens is 459 g/mol. The fraction of sp³-hybridized carbons (Fsp3) is 0.692. The summed E-state index contributed by atoms with van der Waals surface area (Å²) in [6, 6.07) is 4.13. The van der Waals surface area contributed by atoms with Crippen LogP contribution in [0.4, 0.5) is 24.5 Å². The summed E-state index contributed by atoms with van der Waals surface area (Å²) in [5.74, 6) is -0.280. The Hall–Kier alpha value is -2.29. The van der Waals surface area contributed by atoms with E-state index in [-0.39, 0.29) is 47.8 Å². The molecule has 2 N–H and O–H groups in total. The standard InChI is InChI=1S/C26H34F3N3O3/c27-26(28,29)21-15-18(30-23(34)17-3-1-4-17)5-10-22(21)31-13-2-11-25(16-31)12-14-32(24(25)35)19-6-8-20(33)9-7-19/h5,10,15,17,19-20,33H,1-4,6-9,11-14,16H2,(H,30,34)/t19?,20?,25-/m0/s1. The molecule has 2 saturated heterocycles. The molecule has 0 aromatic heterocycles. The van der Waals surface area contributed by atoms with Gasteiger partial charge in [0.1, 0.15) is 0 Å². The second-order valence-electron chi connectivity index (χ2n) is 10.9. The van der Waals surface area contributed by atoms with Crippen molar-refractivity contribution in [2.45, 2.75) is 82.5 Å². The monoisotopic (exact) mass is 493 g/mol. The average Bonchev–Trinajstić information content (AvgIpc) is 3.08. The summed E-state index contributed by atoms with van der Waals surface area (Å²) < 4.78 is 42.3. The number of nitrogens with zero attached hydrogens (tertiary/aromatic N) is 2. The van der Waals surface area contributed by atoms with Crippen LogP contribution in [0.15, 0.2) is 18.2 Å². The third kappa shape index (κ3) is 4.76. The van der Waals surface area contributed by atoms with Gasteiger partial charge in [0.2, 0.25) is 11.8 Å². The van der Waals surface area contributed by atoms with Gasteiger partial charge in [0.05, 0.1) is 17.1 Å². The zero-order valence-electron chi connectivity index (χ0n) is 19.9. The minimum atomic E-state index is -4.58. The molecule has 192 valence electrons. The van der Waals surface area contributed by atoms with Crippen molar-refractivity contribution in [2.24, 2.45) is 11.3 Å². The molecule has 1 aromatic rings. The lowest BCUT2D eigenvalue weighted by molar-refractivity contribution is -0.139. The zero-order valence-corrected chi connectivity index (χ0v) is 19.9. The Morgan fingerprint density at radius 2 is 1.77 bits per heavy atom. The molecule has 0 unspecified atom stereocenters. The maximum atomic E-state index is 14.1. The van der Waals surface area contributed by atoms with Gasteiger partial charge >= 0.3 is 6.18 Å². The van der Waals surface area contributed by atoms with E-state index in [1.165, 1.54) is 6.07 Å². The molecule has 9 heteroatoms. The van der Waals surface area contributed by atoms with Gasteiger partial charge in [0.25, 0.3) is 0 Å². The van der Waals surface area contributed by atoms with Crippen LogP contribution in [0.25, 0.3) is 0 Å². The van der Waals surface area contributed by atoms with Crippen molar-refractivity contribution >= 4 is 23.2 Å². The number of nitrogens with one attached hydrogen (secondary N) is 1. The smallest absolute Gasteiger partial charge is 0.393 e. The van der Waals surface area contributed by atoms with Crippen LogP contribution in [-0.4, -0.2) is 53.6 Å². The van der Waals surface area contributed by atoms with E-state index in [0.717, 1.165) is 38.2 Å². The summed E-state index contributed by atoms with van der Waals surface area (Å²) in [6.45, 7) is 1.36. The molecule has 2 aliphatic carbocycles. The highest BCUT2D eigenvalue weighted by molar-refractivity contribution is 5.93. The van der Waals surface area contributed by atoms with E-state index in [9.17, 15) is 27.9 Å². The number of aliphatic hydroxyl groups excluding tert-OH is 1. The highest BCUT2D eigenvalue weighted by Gasteiger charge is 2.51. The summed E-state index contributed by atoms with van der Waals surface area (Å²) in [5.41, 5.74) is -1.20. The van der Waals surface area contributed by atoms with Gasteiger partial charge in [-0.25, -0.2) is 0 Å². The van der Waals surface area contributed by atoms with Crippen LogP contribution in [0.2, 0.25) is 0 Å². The summed E-state index contributed by atoms with van der Waals surface area (Å²) in [4.78, 5) is 29.5. The molecule has 2 heterocycles. The predicted octanol–water partition coefficient (Wildman–Crippen LogP) is 4.57. The quantitative estimate of drug-likeness (QED) is 0.645. The number of hydrogen-bond acceptors (Lipinski definition) is 4. The zero-order chi connectivity index (χ0) is 24.8. The highest BCUT2D eigenvalue weighted by atomic mass is 19.4. The number of alkyl halides is 3. The van der Waals surface area contributed by atoms with Gasteiger partial charge in [-0.3, -0.25) is 9.59 Å². The van der Waals surface area contributed by atoms with Crippen molar-refractivity contribution < 1.29 is 27.9 Å². The normalized spacial score (nSPS) is 30.0. The predicted molar refractivity (Wildman–Crippen MR) is 126 cm³/mol. The Labute approximate surface area is 203 Å². The Bertz CT molecular complexity index is 972. The molecule has 0 bridgehead atoms. The molecule has 35 heavy (non-hydrogen) atoms. The van der Waals surface area contributed by atoms with Crippen LogP contribution in [0.5, 0.6) is 0 Å². The molecule has 1 spiro atoms. The third-order valence-electron chi connectivity index (χ3n) is 8.62. The van der Waals surface area contributed by atoms with Crippen molar-refractivity contribution in [2.75, 3.05) is 29.9 Å². The van der Waals surface area contributed by atoms with Crippen LogP contribution in [-0.2, 0) is 15.8 Å². The lowest BCUT2D eigenvalue weighted by atomic mass is 9.78. The average molecular weight is 494 g/mol. The first-order valence-corrected chi connectivity index (χ1v) is 12.9. The Morgan fingerprint density at radius 3 is 2.43 bits per heavy atom. The van der Waals surface area contributed by atoms with Crippen LogP contribution in [0.3, 0.4) is 0 Å². The highest BCUT2D eigenvalue weighted by Crippen LogP contribution is 2.46. The second kappa shape index (κ2) is 9.30. The van der Waals surface area contributed by atoms with E-state index in [1.807, 2.05) is 4.90 Å². The van der Waals surface area contributed by atoms with Crippen molar-refractivity contribution in [3.8, 4) is 0 Å². The number of anilines is 2. The van der Waals surface area contributed by atoms with E-state index in [4.69, 9.17) is 0 Å². The van der Waals surface area contributed by atoms with Gasteiger partial charge in [-0.2, -0.15) is 13.2 Å². The Balaban J connectivity index is 1.35. The van der Waals surface area contributed by atoms with Gasteiger partial charge in [-0.05, 0) is 76.0 Å². The number of halogens is 3. The largest absolute Gasteiger partial charge is 0.418 e. The lowest BCUT2D eigenvalue weighted by Gasteiger charge is -2.42. The first-order chi connectivity index (χ1) is 16.7. The minimum Gasteiger partial charge on any atom is -0.393 e. The molecule has 2 saturated carbocycles. The van der Waals surface area contributed by atoms with E-state index >= 15 is 0 Å². The third-order valence-corrected chi connectivity index (χ3v) is 8.62. The summed E-state index contributed by atoms with van der Waals surface area (Å²) in [7, 11) is 0. The van der Waals surface area contributed by atoms with E-state index in [2.05, 4.69) is 5.32 Å². The molecule has 1 aromatic carbocycles. The van der Waals surface area contributed by atoms with Crippen molar-refractivity contribution in [1.82, 2.24) is 4.90 Å². The number of carbonyl (C=O) groups is 2. The molecule has 6 nitrogen and oxygen atoms in total. The van der Waals surface area contributed by atoms with Crippen LogP contribution >= 0.6 is 0 Å². The maximum absolute atomic E-state index is 14.1. The topological polar surface area (TPSA) is 72.9 Å². The SMILES string of the molecule is O=C(Nc1ccc(N2CCC[C@]3(CCN(C4CCC(O)CC4)C3=O)C2)c(C(F)(F)F)c1)C1CCC1. The number of rotatable bonds is 4. The molecule has 2 amide bonds. The second-order valence-corrected chi connectivity index (χ2v) is 10.9. The number of piperidine rings is 1. The van der Waals surface area contributed by atoms with Gasteiger partial charge in [-0.1, -0.05) is 6.42 Å². The molecule has 0 radical (unpaired) electrons. The number of aliphatic hydroxyl groups is 1. The Morgan fingerprint density at radius 1 is 1.03 bits per heavy atom.